The van der Waals surface area contributed by atoms with Crippen LogP contribution < -0.4 is 20.7 Å². The Bertz CT molecular complexity index is 992. The number of amides is 4. The molecule has 1 saturated heterocycles. The number of nitrogens with one attached hydrogen (secondary N) is 3. The number of methoxy groups -OCH3 is 1. The number of benzene rings is 2. The number of urea groups is 1. The summed E-state index contributed by atoms with van der Waals surface area (Å²) in [4.78, 5) is 38.7. The molecule has 0 bridgehead atoms. The Hall–Kier alpha value is -3.62. The molecule has 0 aromatic heterocycles. The van der Waals surface area contributed by atoms with Gasteiger partial charge in [0.2, 0.25) is 11.8 Å². The molecule has 3 N–H and O–H groups in total. The number of carbonyl (C=O) groups excluding carboxylic acids is 3. The minimum atomic E-state index is -0.742. The molecule has 1 atom stereocenters. The molecule has 1 unspecified atom stereocenters. The van der Waals surface area contributed by atoms with E-state index in [1.54, 1.807) is 18.1 Å². The van der Waals surface area contributed by atoms with Crippen molar-refractivity contribution in [2.75, 3.05) is 25.5 Å². The van der Waals surface area contributed by atoms with E-state index in [9.17, 15) is 18.8 Å². The monoisotopic (exact) mass is 456 g/mol. The van der Waals surface area contributed by atoms with Crippen molar-refractivity contribution in [1.82, 2.24) is 15.5 Å². The molecule has 3 rings (SSSR count). The summed E-state index contributed by atoms with van der Waals surface area (Å²) in [7, 11) is 1.56. The quantitative estimate of drug-likeness (QED) is 0.597. The number of nitrogens with zero attached hydrogens (tertiary/aromatic N) is 1. The summed E-state index contributed by atoms with van der Waals surface area (Å²) in [6.07, 6.45) is 1.44. The summed E-state index contributed by atoms with van der Waals surface area (Å²) >= 11 is 0. The molecule has 0 spiro atoms. The molecule has 1 aliphatic heterocycles. The number of likely N-dealkylation sites (tertiary alicyclic amines) is 1. The van der Waals surface area contributed by atoms with Crippen LogP contribution in [-0.2, 0) is 16.0 Å². The van der Waals surface area contributed by atoms with E-state index in [2.05, 4.69) is 16.0 Å². The van der Waals surface area contributed by atoms with Crippen LogP contribution in [0.5, 0.6) is 5.75 Å². The zero-order chi connectivity index (χ0) is 23.8. The summed E-state index contributed by atoms with van der Waals surface area (Å²) < 4.78 is 18.7. The number of hydrogen-bond donors (Lipinski definition) is 3. The van der Waals surface area contributed by atoms with Crippen molar-refractivity contribution >= 4 is 23.5 Å². The van der Waals surface area contributed by atoms with E-state index in [0.29, 0.717) is 43.8 Å². The van der Waals surface area contributed by atoms with Gasteiger partial charge in [-0.25, -0.2) is 9.18 Å². The van der Waals surface area contributed by atoms with Gasteiger partial charge in [0.25, 0.3) is 0 Å². The second-order valence-corrected chi connectivity index (χ2v) is 7.98. The van der Waals surface area contributed by atoms with Crippen LogP contribution in [0.4, 0.5) is 14.9 Å². The summed E-state index contributed by atoms with van der Waals surface area (Å²) in [5.41, 5.74) is 1.21. The van der Waals surface area contributed by atoms with Gasteiger partial charge in [-0.15, -0.1) is 0 Å². The van der Waals surface area contributed by atoms with E-state index in [0.717, 1.165) is 5.56 Å². The van der Waals surface area contributed by atoms with Crippen molar-refractivity contribution in [3.8, 4) is 5.75 Å². The minimum absolute atomic E-state index is 0.121. The van der Waals surface area contributed by atoms with Gasteiger partial charge in [-0.2, -0.15) is 0 Å². The maximum absolute atomic E-state index is 13.3. The molecule has 2 aromatic rings. The standard InChI is InChI=1S/C24H29FN4O4/c1-16(30)26-21(14-17-6-3-4-9-22(17)33-2)23(31)27-19-10-12-29(13-11-19)24(32)28-20-8-5-7-18(25)15-20/h3-9,15,19,21H,10-14H2,1-2H3,(H,26,30)(H,27,31)(H,28,32). The lowest BCUT2D eigenvalue weighted by Gasteiger charge is -2.33. The molecular formula is C24H29FN4O4. The topological polar surface area (TPSA) is 99.8 Å². The Morgan fingerprint density at radius 1 is 1.12 bits per heavy atom. The summed E-state index contributed by atoms with van der Waals surface area (Å²) in [5, 5.41) is 8.40. The van der Waals surface area contributed by atoms with Crippen molar-refractivity contribution in [3.05, 3.63) is 59.9 Å². The highest BCUT2D eigenvalue weighted by Gasteiger charge is 2.27. The Balaban J connectivity index is 1.54. The Kier molecular flexibility index (Phi) is 8.23. The molecule has 1 aliphatic rings. The molecule has 0 aliphatic carbocycles. The van der Waals surface area contributed by atoms with E-state index < -0.39 is 11.9 Å². The fourth-order valence-corrected chi connectivity index (χ4v) is 3.84. The molecule has 1 fully saturated rings. The molecular weight excluding hydrogens is 427 g/mol. The van der Waals surface area contributed by atoms with Crippen molar-refractivity contribution in [2.24, 2.45) is 0 Å². The molecule has 0 saturated carbocycles. The zero-order valence-corrected chi connectivity index (χ0v) is 18.8. The van der Waals surface area contributed by atoms with Crippen LogP contribution in [-0.4, -0.2) is 55.0 Å². The molecule has 176 valence electrons. The normalized spacial score (nSPS) is 14.8. The lowest BCUT2D eigenvalue weighted by Crippen LogP contribution is -2.53. The highest BCUT2D eigenvalue weighted by atomic mass is 19.1. The molecule has 8 nitrogen and oxygen atoms in total. The van der Waals surface area contributed by atoms with Gasteiger partial charge in [0, 0.05) is 38.2 Å². The van der Waals surface area contributed by atoms with E-state index in [-0.39, 0.29) is 23.9 Å². The number of hydrogen-bond acceptors (Lipinski definition) is 4. The second-order valence-electron chi connectivity index (χ2n) is 7.98. The van der Waals surface area contributed by atoms with E-state index >= 15 is 0 Å². The number of piperidine rings is 1. The highest BCUT2D eigenvalue weighted by molar-refractivity contribution is 5.89. The van der Waals surface area contributed by atoms with Crippen molar-refractivity contribution < 1.29 is 23.5 Å². The zero-order valence-electron chi connectivity index (χ0n) is 18.8. The summed E-state index contributed by atoms with van der Waals surface area (Å²) in [6, 6.07) is 11.9. The van der Waals surface area contributed by atoms with E-state index in [1.807, 2.05) is 24.3 Å². The van der Waals surface area contributed by atoms with Crippen LogP contribution in [0.3, 0.4) is 0 Å². The predicted molar refractivity (Wildman–Crippen MR) is 122 cm³/mol. The van der Waals surface area contributed by atoms with Crippen LogP contribution in [0.1, 0.15) is 25.3 Å². The number of halogens is 1. The van der Waals surface area contributed by atoms with Crippen LogP contribution >= 0.6 is 0 Å². The number of anilines is 1. The predicted octanol–water partition coefficient (Wildman–Crippen LogP) is 2.69. The van der Waals surface area contributed by atoms with E-state index in [4.69, 9.17) is 4.74 Å². The van der Waals surface area contributed by atoms with Gasteiger partial charge in [0.1, 0.15) is 17.6 Å². The highest BCUT2D eigenvalue weighted by Crippen LogP contribution is 2.20. The lowest BCUT2D eigenvalue weighted by molar-refractivity contribution is -0.128. The van der Waals surface area contributed by atoms with Gasteiger partial charge >= 0.3 is 6.03 Å². The second kappa shape index (κ2) is 11.3. The van der Waals surface area contributed by atoms with Gasteiger partial charge in [0.15, 0.2) is 0 Å². The van der Waals surface area contributed by atoms with Gasteiger partial charge in [-0.3, -0.25) is 9.59 Å². The third-order valence-electron chi connectivity index (χ3n) is 5.51. The molecule has 4 amide bonds. The van der Waals surface area contributed by atoms with Gasteiger partial charge in [0.05, 0.1) is 7.11 Å². The number of carbonyl (C=O) groups is 3. The molecule has 9 heteroatoms. The smallest absolute Gasteiger partial charge is 0.321 e. The average Bonchev–Trinajstić information content (AvgIpc) is 2.79. The molecule has 2 aromatic carbocycles. The fourth-order valence-electron chi connectivity index (χ4n) is 3.84. The average molecular weight is 457 g/mol. The molecule has 0 radical (unpaired) electrons. The van der Waals surface area contributed by atoms with Crippen molar-refractivity contribution in [1.29, 1.82) is 0 Å². The third kappa shape index (κ3) is 6.93. The van der Waals surface area contributed by atoms with Gasteiger partial charge in [-0.05, 0) is 42.7 Å². The summed E-state index contributed by atoms with van der Waals surface area (Å²) in [6.45, 7) is 2.27. The first-order chi connectivity index (χ1) is 15.9. The first-order valence-electron chi connectivity index (χ1n) is 10.9. The fraction of sp³-hybridized carbons (Fsp3) is 0.375. The molecule has 33 heavy (non-hydrogen) atoms. The Labute approximate surface area is 192 Å². The van der Waals surface area contributed by atoms with Crippen LogP contribution in [0.15, 0.2) is 48.5 Å². The summed E-state index contributed by atoms with van der Waals surface area (Å²) in [5.74, 6) is -0.345. The maximum atomic E-state index is 13.3. The number of rotatable bonds is 7. The minimum Gasteiger partial charge on any atom is -0.496 e. The number of ether oxygens (including phenoxy) is 1. The first kappa shape index (κ1) is 24.0. The van der Waals surface area contributed by atoms with E-state index in [1.165, 1.54) is 25.1 Å². The van der Waals surface area contributed by atoms with Crippen LogP contribution in [0.25, 0.3) is 0 Å². The van der Waals surface area contributed by atoms with Crippen molar-refractivity contribution in [3.63, 3.8) is 0 Å². The maximum Gasteiger partial charge on any atom is 0.321 e. The van der Waals surface area contributed by atoms with Crippen LogP contribution in [0, 0.1) is 5.82 Å². The van der Waals surface area contributed by atoms with Gasteiger partial charge < -0.3 is 25.6 Å². The molecule has 1 heterocycles. The number of para-hydroxylation sites is 1. The largest absolute Gasteiger partial charge is 0.496 e. The Morgan fingerprint density at radius 3 is 2.52 bits per heavy atom. The SMILES string of the molecule is COc1ccccc1CC(NC(C)=O)C(=O)NC1CCN(C(=O)Nc2cccc(F)c2)CC1. The Morgan fingerprint density at radius 2 is 1.85 bits per heavy atom. The first-order valence-corrected chi connectivity index (χ1v) is 10.9. The van der Waals surface area contributed by atoms with Crippen molar-refractivity contribution in [2.45, 2.75) is 38.3 Å². The van der Waals surface area contributed by atoms with Gasteiger partial charge in [-0.1, -0.05) is 24.3 Å². The lowest BCUT2D eigenvalue weighted by atomic mass is 10.0. The third-order valence-corrected chi connectivity index (χ3v) is 5.51. The van der Waals surface area contributed by atoms with Crippen LogP contribution in [0.2, 0.25) is 0 Å².